The maximum absolute atomic E-state index is 12.0. The lowest BCUT2D eigenvalue weighted by molar-refractivity contribution is -0.126. The number of hydrogen-bond donors (Lipinski definition) is 2. The molecule has 2 fully saturated rings. The highest BCUT2D eigenvalue weighted by molar-refractivity contribution is 7.91. The van der Waals surface area contributed by atoms with Gasteiger partial charge in [-0.05, 0) is 32.6 Å². The number of nitrogens with two attached hydrogens (primary N) is 1. The molecule has 1 heterocycles. The lowest BCUT2D eigenvalue weighted by Crippen LogP contribution is -2.49. The van der Waals surface area contributed by atoms with E-state index >= 15 is 0 Å². The monoisotopic (exact) mass is 260 g/mol. The quantitative estimate of drug-likeness (QED) is 0.720. The molecule has 3 unspecified atom stereocenters. The van der Waals surface area contributed by atoms with Crippen LogP contribution in [-0.2, 0) is 14.6 Å². The van der Waals surface area contributed by atoms with Crippen LogP contribution in [0.15, 0.2) is 0 Å². The van der Waals surface area contributed by atoms with E-state index in [-0.39, 0.29) is 29.4 Å². The highest BCUT2D eigenvalue weighted by atomic mass is 32.2. The van der Waals surface area contributed by atoms with E-state index in [2.05, 4.69) is 5.32 Å². The predicted molar refractivity (Wildman–Crippen MR) is 65.1 cm³/mol. The van der Waals surface area contributed by atoms with E-state index in [0.29, 0.717) is 12.8 Å². The zero-order valence-corrected chi connectivity index (χ0v) is 10.9. The molecule has 2 rings (SSSR count). The van der Waals surface area contributed by atoms with Crippen LogP contribution < -0.4 is 11.1 Å². The largest absolute Gasteiger partial charge is 0.350 e. The Bertz CT molecular complexity index is 420. The van der Waals surface area contributed by atoms with Crippen LogP contribution in [0.2, 0.25) is 0 Å². The Morgan fingerprint density at radius 2 is 2.12 bits per heavy atom. The Balaban J connectivity index is 1.95. The number of sulfone groups is 1. The third kappa shape index (κ3) is 2.98. The molecule has 2 aliphatic rings. The standard InChI is InChI=1S/C11H20N2O3S/c1-11(4-5-17(15,16)7-11)13-10(14)8-2-3-9(12)6-8/h8-9H,2-7,12H2,1H3,(H,13,14). The summed E-state index contributed by atoms with van der Waals surface area (Å²) in [6.45, 7) is 1.81. The minimum absolute atomic E-state index is 0.0300. The first kappa shape index (κ1) is 12.8. The van der Waals surface area contributed by atoms with Gasteiger partial charge in [0.15, 0.2) is 9.84 Å². The summed E-state index contributed by atoms with van der Waals surface area (Å²) in [5.74, 6) is 0.168. The fourth-order valence-electron chi connectivity index (χ4n) is 2.76. The molecule has 0 aromatic heterocycles. The highest BCUT2D eigenvalue weighted by Gasteiger charge is 2.41. The molecule has 0 spiro atoms. The van der Waals surface area contributed by atoms with Crippen molar-refractivity contribution in [2.45, 2.75) is 44.2 Å². The van der Waals surface area contributed by atoms with E-state index in [1.807, 2.05) is 6.92 Å². The van der Waals surface area contributed by atoms with Gasteiger partial charge in [-0.25, -0.2) is 8.42 Å². The summed E-state index contributed by atoms with van der Waals surface area (Å²) in [4.78, 5) is 12.0. The molecule has 3 atom stereocenters. The molecule has 98 valence electrons. The molecule has 3 N–H and O–H groups in total. The van der Waals surface area contributed by atoms with Crippen LogP contribution in [0.3, 0.4) is 0 Å². The number of rotatable bonds is 2. The van der Waals surface area contributed by atoms with Gasteiger partial charge < -0.3 is 11.1 Å². The zero-order valence-electron chi connectivity index (χ0n) is 10.1. The molecule has 0 aromatic carbocycles. The lowest BCUT2D eigenvalue weighted by atomic mass is 9.99. The Hall–Kier alpha value is -0.620. The third-order valence-electron chi connectivity index (χ3n) is 3.77. The van der Waals surface area contributed by atoms with E-state index in [9.17, 15) is 13.2 Å². The van der Waals surface area contributed by atoms with Gasteiger partial charge in [-0.1, -0.05) is 0 Å². The summed E-state index contributed by atoms with van der Waals surface area (Å²) in [6.07, 6.45) is 2.93. The second-order valence-corrected chi connectivity index (χ2v) is 7.85. The van der Waals surface area contributed by atoms with E-state index in [1.54, 1.807) is 0 Å². The van der Waals surface area contributed by atoms with Gasteiger partial charge in [-0.15, -0.1) is 0 Å². The maximum Gasteiger partial charge on any atom is 0.223 e. The van der Waals surface area contributed by atoms with Crippen LogP contribution in [0.25, 0.3) is 0 Å². The van der Waals surface area contributed by atoms with E-state index in [4.69, 9.17) is 5.73 Å². The van der Waals surface area contributed by atoms with E-state index in [1.165, 1.54) is 0 Å². The molecule has 0 radical (unpaired) electrons. The second kappa shape index (κ2) is 4.24. The van der Waals surface area contributed by atoms with Crippen molar-refractivity contribution < 1.29 is 13.2 Å². The predicted octanol–water partition coefficient (Wildman–Crippen LogP) is -0.193. The molecule has 6 heteroatoms. The fourth-order valence-corrected chi connectivity index (χ4v) is 4.86. The van der Waals surface area contributed by atoms with Crippen molar-refractivity contribution >= 4 is 15.7 Å². The molecule has 1 aliphatic carbocycles. The highest BCUT2D eigenvalue weighted by Crippen LogP contribution is 2.27. The minimum atomic E-state index is -2.97. The van der Waals surface area contributed by atoms with Crippen molar-refractivity contribution in [3.05, 3.63) is 0 Å². The summed E-state index contributed by atoms with van der Waals surface area (Å²) in [5, 5.41) is 2.90. The number of carbonyl (C=O) groups is 1. The summed E-state index contributed by atoms with van der Waals surface area (Å²) in [5.41, 5.74) is 5.19. The number of hydrogen-bond acceptors (Lipinski definition) is 4. The van der Waals surface area contributed by atoms with Crippen molar-refractivity contribution in [3.63, 3.8) is 0 Å². The molecule has 1 amide bonds. The molecule has 1 saturated carbocycles. The van der Waals surface area contributed by atoms with Crippen LogP contribution in [0.4, 0.5) is 0 Å². The number of carbonyl (C=O) groups excluding carboxylic acids is 1. The first-order valence-electron chi connectivity index (χ1n) is 6.08. The summed E-state index contributed by atoms with van der Waals surface area (Å²) < 4.78 is 22.9. The van der Waals surface area contributed by atoms with Crippen molar-refractivity contribution in [1.29, 1.82) is 0 Å². The smallest absolute Gasteiger partial charge is 0.223 e. The van der Waals surface area contributed by atoms with E-state index < -0.39 is 15.4 Å². The van der Waals surface area contributed by atoms with Crippen LogP contribution in [-0.4, -0.2) is 37.4 Å². The average molecular weight is 260 g/mol. The molecular formula is C11H20N2O3S. The summed E-state index contributed by atoms with van der Waals surface area (Å²) in [7, 11) is -2.97. The second-order valence-electron chi connectivity index (χ2n) is 5.66. The van der Waals surface area contributed by atoms with Gasteiger partial charge in [0, 0.05) is 12.0 Å². The molecule has 0 bridgehead atoms. The van der Waals surface area contributed by atoms with Crippen LogP contribution in [0, 0.1) is 5.92 Å². The Kier molecular flexibility index (Phi) is 3.20. The van der Waals surface area contributed by atoms with Gasteiger partial charge in [0.05, 0.1) is 17.0 Å². The third-order valence-corrected chi connectivity index (χ3v) is 5.68. The van der Waals surface area contributed by atoms with Crippen LogP contribution in [0.5, 0.6) is 0 Å². The normalized spacial score (nSPS) is 40.4. The lowest BCUT2D eigenvalue weighted by Gasteiger charge is -2.25. The van der Waals surface area contributed by atoms with Gasteiger partial charge in [0.2, 0.25) is 5.91 Å². The molecule has 1 aliphatic heterocycles. The SMILES string of the molecule is CC1(NC(=O)C2CCC(N)C2)CCS(=O)(=O)C1. The average Bonchev–Trinajstić information content (AvgIpc) is 2.71. The molecule has 0 aromatic rings. The van der Waals surface area contributed by atoms with Crippen molar-refractivity contribution in [3.8, 4) is 0 Å². The van der Waals surface area contributed by atoms with Gasteiger partial charge in [-0.3, -0.25) is 4.79 Å². The topological polar surface area (TPSA) is 89.3 Å². The maximum atomic E-state index is 12.0. The van der Waals surface area contributed by atoms with Gasteiger partial charge >= 0.3 is 0 Å². The van der Waals surface area contributed by atoms with Gasteiger partial charge in [0.1, 0.15) is 0 Å². The summed E-state index contributed by atoms with van der Waals surface area (Å²) >= 11 is 0. The van der Waals surface area contributed by atoms with Crippen LogP contribution in [0.1, 0.15) is 32.6 Å². The number of amides is 1. The van der Waals surface area contributed by atoms with Crippen LogP contribution >= 0.6 is 0 Å². The fraction of sp³-hybridized carbons (Fsp3) is 0.909. The van der Waals surface area contributed by atoms with Gasteiger partial charge in [-0.2, -0.15) is 0 Å². The van der Waals surface area contributed by atoms with Gasteiger partial charge in [0.25, 0.3) is 0 Å². The first-order valence-corrected chi connectivity index (χ1v) is 7.90. The van der Waals surface area contributed by atoms with Crippen molar-refractivity contribution in [2.24, 2.45) is 11.7 Å². The Morgan fingerprint density at radius 1 is 1.41 bits per heavy atom. The van der Waals surface area contributed by atoms with Crippen molar-refractivity contribution in [1.82, 2.24) is 5.32 Å². The zero-order chi connectivity index (χ0) is 12.7. The first-order chi connectivity index (χ1) is 7.80. The Labute approximate surface area is 102 Å². The summed E-state index contributed by atoms with van der Waals surface area (Å²) in [6, 6.07) is 0.117. The molecule has 1 saturated heterocycles. The molecular weight excluding hydrogens is 240 g/mol. The Morgan fingerprint density at radius 3 is 2.59 bits per heavy atom. The van der Waals surface area contributed by atoms with E-state index in [0.717, 1.165) is 12.8 Å². The molecule has 17 heavy (non-hydrogen) atoms. The minimum Gasteiger partial charge on any atom is -0.350 e. The number of nitrogens with one attached hydrogen (secondary N) is 1. The molecule has 5 nitrogen and oxygen atoms in total. The van der Waals surface area contributed by atoms with Crippen molar-refractivity contribution in [2.75, 3.05) is 11.5 Å².